The third-order valence-corrected chi connectivity index (χ3v) is 5.43. The number of amides is 2. The Morgan fingerprint density at radius 1 is 0.905 bits per heavy atom. The molecule has 2 aromatic carbocycles. The monoisotopic (exact) mass is 275 g/mol. The van der Waals surface area contributed by atoms with E-state index < -0.39 is 5.41 Å². The summed E-state index contributed by atoms with van der Waals surface area (Å²) in [6, 6.07) is 16.2. The Bertz CT molecular complexity index is 776. The van der Waals surface area contributed by atoms with E-state index in [2.05, 4.69) is 17.4 Å². The first-order valence-electron chi connectivity index (χ1n) is 7.28. The molecule has 1 unspecified atom stereocenters. The molecule has 1 saturated heterocycles. The van der Waals surface area contributed by atoms with Crippen LogP contribution in [-0.4, -0.2) is 11.8 Å². The second-order valence-corrected chi connectivity index (χ2v) is 6.14. The van der Waals surface area contributed by atoms with Crippen molar-refractivity contribution in [2.45, 2.75) is 17.8 Å². The maximum Gasteiger partial charge on any atom is 0.242 e. The maximum absolute atomic E-state index is 12.8. The van der Waals surface area contributed by atoms with Crippen molar-refractivity contribution in [1.82, 2.24) is 5.32 Å². The van der Waals surface area contributed by atoms with Gasteiger partial charge in [0.1, 0.15) is 5.41 Å². The Morgan fingerprint density at radius 2 is 1.48 bits per heavy atom. The summed E-state index contributed by atoms with van der Waals surface area (Å²) in [5.41, 5.74) is 3.65. The van der Waals surface area contributed by atoms with E-state index >= 15 is 0 Å². The van der Waals surface area contributed by atoms with Crippen molar-refractivity contribution in [1.29, 1.82) is 0 Å². The Morgan fingerprint density at radius 3 is 2.10 bits per heavy atom. The highest BCUT2D eigenvalue weighted by molar-refractivity contribution is 6.14. The minimum Gasteiger partial charge on any atom is -0.295 e. The van der Waals surface area contributed by atoms with Gasteiger partial charge >= 0.3 is 0 Å². The van der Waals surface area contributed by atoms with Crippen LogP contribution >= 0.6 is 0 Å². The van der Waals surface area contributed by atoms with Crippen LogP contribution in [0.3, 0.4) is 0 Å². The van der Waals surface area contributed by atoms with Crippen LogP contribution in [0.15, 0.2) is 48.5 Å². The quantitative estimate of drug-likeness (QED) is 0.748. The van der Waals surface area contributed by atoms with Gasteiger partial charge in [-0.2, -0.15) is 0 Å². The zero-order valence-corrected chi connectivity index (χ0v) is 11.3. The molecule has 102 valence electrons. The van der Waals surface area contributed by atoms with Crippen molar-refractivity contribution in [3.8, 4) is 0 Å². The summed E-state index contributed by atoms with van der Waals surface area (Å²) in [4.78, 5) is 25.1. The Balaban J connectivity index is 1.97. The van der Waals surface area contributed by atoms with Crippen LogP contribution in [0.4, 0.5) is 0 Å². The number of hydrogen-bond donors (Lipinski definition) is 1. The topological polar surface area (TPSA) is 46.2 Å². The van der Waals surface area contributed by atoms with Crippen molar-refractivity contribution >= 4 is 11.8 Å². The highest BCUT2D eigenvalue weighted by Gasteiger charge is 2.64. The summed E-state index contributed by atoms with van der Waals surface area (Å²) in [6.07, 6.45) is 0.728. The molecule has 2 amide bonds. The van der Waals surface area contributed by atoms with Gasteiger partial charge in [0, 0.05) is 5.92 Å². The lowest BCUT2D eigenvalue weighted by molar-refractivity contribution is -0.126. The summed E-state index contributed by atoms with van der Waals surface area (Å²) in [5.74, 6) is -0.315. The largest absolute Gasteiger partial charge is 0.295 e. The van der Waals surface area contributed by atoms with Gasteiger partial charge in [-0.3, -0.25) is 14.9 Å². The number of hydrogen-bond acceptors (Lipinski definition) is 2. The molecule has 0 radical (unpaired) electrons. The van der Waals surface area contributed by atoms with Gasteiger partial charge in [-0.15, -0.1) is 0 Å². The van der Waals surface area contributed by atoms with E-state index in [9.17, 15) is 9.59 Å². The highest BCUT2D eigenvalue weighted by Crippen LogP contribution is 2.60. The lowest BCUT2D eigenvalue weighted by Crippen LogP contribution is -2.49. The SMILES string of the molecule is O=C1NC(=O)C23c4ccccc4C(CC12)c1ccccc13. The number of imide groups is 1. The van der Waals surface area contributed by atoms with Crippen LogP contribution in [0, 0.1) is 5.92 Å². The van der Waals surface area contributed by atoms with Gasteiger partial charge in [-0.1, -0.05) is 48.5 Å². The molecule has 0 saturated carbocycles. The minimum absolute atomic E-state index is 0.117. The van der Waals surface area contributed by atoms with Crippen LogP contribution in [-0.2, 0) is 15.0 Å². The van der Waals surface area contributed by atoms with Gasteiger partial charge in [0.05, 0.1) is 5.92 Å². The van der Waals surface area contributed by atoms with Crippen LogP contribution in [0.1, 0.15) is 34.6 Å². The first-order chi connectivity index (χ1) is 10.2. The van der Waals surface area contributed by atoms with Crippen LogP contribution < -0.4 is 5.32 Å². The van der Waals surface area contributed by atoms with E-state index in [1.54, 1.807) is 0 Å². The van der Waals surface area contributed by atoms with Crippen molar-refractivity contribution in [3.05, 3.63) is 70.8 Å². The van der Waals surface area contributed by atoms with E-state index in [1.165, 1.54) is 11.1 Å². The molecule has 3 aliphatic carbocycles. The van der Waals surface area contributed by atoms with Gasteiger partial charge < -0.3 is 0 Å². The molecule has 1 aliphatic heterocycles. The average molecular weight is 275 g/mol. The molecule has 3 heteroatoms. The fourth-order valence-corrected chi connectivity index (χ4v) is 4.68. The predicted molar refractivity (Wildman–Crippen MR) is 76.8 cm³/mol. The van der Waals surface area contributed by atoms with Gasteiger partial charge in [0.2, 0.25) is 11.8 Å². The van der Waals surface area contributed by atoms with Gasteiger partial charge in [-0.25, -0.2) is 0 Å². The lowest BCUT2D eigenvalue weighted by atomic mass is 9.51. The first-order valence-corrected chi connectivity index (χ1v) is 7.28. The van der Waals surface area contributed by atoms with Crippen LogP contribution in [0.2, 0.25) is 0 Å². The minimum atomic E-state index is -0.807. The average Bonchev–Trinajstić information content (AvgIpc) is 2.80. The predicted octanol–water partition coefficient (Wildman–Crippen LogP) is 2.09. The lowest BCUT2D eigenvalue weighted by Gasteiger charge is -2.48. The number of rotatable bonds is 0. The Labute approximate surface area is 122 Å². The zero-order chi connectivity index (χ0) is 14.2. The number of carbonyl (C=O) groups is 2. The maximum atomic E-state index is 12.8. The number of nitrogens with one attached hydrogen (secondary N) is 1. The van der Waals surface area contributed by atoms with E-state index in [1.807, 2.05) is 36.4 Å². The molecule has 2 bridgehead atoms. The molecule has 6 rings (SSSR count). The van der Waals surface area contributed by atoms with Gasteiger partial charge in [-0.05, 0) is 28.7 Å². The smallest absolute Gasteiger partial charge is 0.242 e. The van der Waals surface area contributed by atoms with E-state index in [-0.39, 0.29) is 23.7 Å². The molecule has 1 fully saturated rings. The zero-order valence-electron chi connectivity index (χ0n) is 11.3. The molecule has 1 N–H and O–H groups in total. The highest BCUT2D eigenvalue weighted by atomic mass is 16.2. The van der Waals surface area contributed by atoms with Gasteiger partial charge in [0.25, 0.3) is 0 Å². The molecule has 1 spiro atoms. The van der Waals surface area contributed by atoms with Crippen molar-refractivity contribution in [2.75, 3.05) is 0 Å². The molecule has 0 aromatic heterocycles. The fraction of sp³-hybridized carbons (Fsp3) is 0.222. The third-order valence-electron chi connectivity index (χ3n) is 5.43. The molecule has 1 atom stereocenters. The number of carbonyl (C=O) groups excluding carboxylic acids is 2. The molecule has 1 heterocycles. The Kier molecular flexibility index (Phi) is 1.84. The van der Waals surface area contributed by atoms with Crippen LogP contribution in [0.5, 0.6) is 0 Å². The van der Waals surface area contributed by atoms with E-state index in [0.29, 0.717) is 0 Å². The summed E-state index contributed by atoms with van der Waals surface area (Å²) in [5, 5.41) is 2.58. The van der Waals surface area contributed by atoms with Crippen molar-refractivity contribution in [2.24, 2.45) is 5.92 Å². The molecule has 2 aromatic rings. The second-order valence-electron chi connectivity index (χ2n) is 6.14. The molecule has 3 nitrogen and oxygen atoms in total. The number of benzene rings is 2. The summed E-state index contributed by atoms with van der Waals surface area (Å²) in [7, 11) is 0. The van der Waals surface area contributed by atoms with Crippen LogP contribution in [0.25, 0.3) is 0 Å². The Hall–Kier alpha value is -2.42. The third kappa shape index (κ3) is 1.06. The molecule has 21 heavy (non-hydrogen) atoms. The second kappa shape index (κ2) is 3.42. The van der Waals surface area contributed by atoms with E-state index in [4.69, 9.17) is 0 Å². The van der Waals surface area contributed by atoms with Crippen molar-refractivity contribution < 1.29 is 9.59 Å². The first kappa shape index (κ1) is 11.3. The standard InChI is InChI=1S/C18H13NO2/c20-16-15-9-12-10-5-1-3-7-13(10)18(15,17(21)19-16)14-8-4-2-6-11(12)14/h1-8,12,15H,9H2,(H,19,20,21). The fourth-order valence-electron chi connectivity index (χ4n) is 4.68. The summed E-state index contributed by atoms with van der Waals surface area (Å²) in [6.45, 7) is 0. The summed E-state index contributed by atoms with van der Waals surface area (Å²) < 4.78 is 0. The normalized spacial score (nSPS) is 31.4. The van der Waals surface area contributed by atoms with Gasteiger partial charge in [0.15, 0.2) is 0 Å². The molecular formula is C18H13NO2. The van der Waals surface area contributed by atoms with E-state index in [0.717, 1.165) is 17.5 Å². The molecular weight excluding hydrogens is 262 g/mol. The molecule has 4 aliphatic rings. The van der Waals surface area contributed by atoms with Crippen molar-refractivity contribution in [3.63, 3.8) is 0 Å². The summed E-state index contributed by atoms with van der Waals surface area (Å²) >= 11 is 0.